The molecular formula is C25H32N4O2. The van der Waals surface area contributed by atoms with Crippen LogP contribution in [0.1, 0.15) is 32.4 Å². The lowest BCUT2D eigenvalue weighted by molar-refractivity contribution is -0.123. The van der Waals surface area contributed by atoms with Gasteiger partial charge in [-0.2, -0.15) is 5.10 Å². The summed E-state index contributed by atoms with van der Waals surface area (Å²) in [4.78, 5) is 19.9. The average molecular weight is 421 g/mol. The molecule has 6 nitrogen and oxygen atoms in total. The molecule has 164 valence electrons. The summed E-state index contributed by atoms with van der Waals surface area (Å²) in [5.41, 5.74) is 3.07. The first-order chi connectivity index (χ1) is 15.0. The number of benzene rings is 1. The normalized spacial score (nSPS) is 15.7. The molecule has 1 aliphatic heterocycles. The molecule has 6 heteroatoms. The number of aryl methyl sites for hydroxylation is 1. The van der Waals surface area contributed by atoms with Crippen molar-refractivity contribution in [2.24, 2.45) is 13.0 Å². The number of ketones is 1. The molecule has 0 saturated carbocycles. The quantitative estimate of drug-likeness (QED) is 0.553. The van der Waals surface area contributed by atoms with Crippen LogP contribution in [0.15, 0.2) is 42.9 Å². The van der Waals surface area contributed by atoms with Crippen molar-refractivity contribution in [1.29, 1.82) is 0 Å². The highest BCUT2D eigenvalue weighted by Gasteiger charge is 2.25. The van der Waals surface area contributed by atoms with Gasteiger partial charge >= 0.3 is 0 Å². The van der Waals surface area contributed by atoms with E-state index in [1.165, 1.54) is 0 Å². The fourth-order valence-electron chi connectivity index (χ4n) is 4.25. The van der Waals surface area contributed by atoms with Crippen molar-refractivity contribution < 1.29 is 9.53 Å². The first-order valence-electron chi connectivity index (χ1n) is 11.2. The van der Waals surface area contributed by atoms with Crippen LogP contribution < -0.4 is 0 Å². The van der Waals surface area contributed by atoms with E-state index < -0.39 is 0 Å². The van der Waals surface area contributed by atoms with E-state index in [1.807, 2.05) is 25.6 Å². The topological polar surface area (TPSA) is 60.2 Å². The van der Waals surface area contributed by atoms with Gasteiger partial charge in [-0.1, -0.05) is 12.1 Å². The molecule has 1 saturated heterocycles. The molecular weight excluding hydrogens is 388 g/mol. The van der Waals surface area contributed by atoms with Crippen LogP contribution in [0.25, 0.3) is 21.9 Å². The third-order valence-corrected chi connectivity index (χ3v) is 6.07. The molecule has 2 aromatic heterocycles. The highest BCUT2D eigenvalue weighted by molar-refractivity contribution is 5.88. The number of hydrogen-bond donors (Lipinski definition) is 0. The van der Waals surface area contributed by atoms with Crippen LogP contribution in [-0.4, -0.2) is 57.8 Å². The van der Waals surface area contributed by atoms with Crippen LogP contribution in [0.2, 0.25) is 0 Å². The smallest absolute Gasteiger partial charge is 0.142 e. The first kappa shape index (κ1) is 21.7. The summed E-state index contributed by atoms with van der Waals surface area (Å²) < 4.78 is 7.45. The van der Waals surface area contributed by atoms with Crippen LogP contribution in [0, 0.1) is 5.92 Å². The van der Waals surface area contributed by atoms with Crippen molar-refractivity contribution in [3.8, 4) is 11.1 Å². The molecule has 0 bridgehead atoms. The van der Waals surface area contributed by atoms with Gasteiger partial charge in [0.25, 0.3) is 0 Å². The Morgan fingerprint density at radius 2 is 1.94 bits per heavy atom. The zero-order chi connectivity index (χ0) is 21.8. The predicted molar refractivity (Wildman–Crippen MR) is 123 cm³/mol. The van der Waals surface area contributed by atoms with E-state index in [9.17, 15) is 4.79 Å². The van der Waals surface area contributed by atoms with Crippen molar-refractivity contribution in [1.82, 2.24) is 19.7 Å². The number of carbonyl (C=O) groups excluding carboxylic acids is 1. The molecule has 31 heavy (non-hydrogen) atoms. The lowest BCUT2D eigenvalue weighted by Crippen LogP contribution is -2.38. The third kappa shape index (κ3) is 5.57. The standard InChI is InChI=1S/C25H32N4O2/c1-18(2)31-11-10-29-8-6-19(7-9-29)25(30)14-24-13-22-12-20(4-5-21(22)15-26-24)23-16-27-28(3)17-23/h4-5,12-13,15-19H,6-11,14H2,1-3H3. The van der Waals surface area contributed by atoms with Crippen LogP contribution in [0.4, 0.5) is 0 Å². The number of hydrogen-bond acceptors (Lipinski definition) is 5. The molecule has 0 N–H and O–H groups in total. The molecule has 0 spiro atoms. The SMILES string of the molecule is CC(C)OCCN1CCC(C(=O)Cc2cc3cc(-c4cnn(C)c4)ccc3cn2)CC1. The van der Waals surface area contributed by atoms with E-state index in [0.717, 1.165) is 66.7 Å². The van der Waals surface area contributed by atoms with Crippen molar-refractivity contribution in [3.05, 3.63) is 48.5 Å². The summed E-state index contributed by atoms with van der Waals surface area (Å²) in [5.74, 6) is 0.454. The van der Waals surface area contributed by atoms with Crippen LogP contribution >= 0.6 is 0 Å². The summed E-state index contributed by atoms with van der Waals surface area (Å²) in [6.45, 7) is 7.77. The summed E-state index contributed by atoms with van der Waals surface area (Å²) in [7, 11) is 1.92. The van der Waals surface area contributed by atoms with Crippen LogP contribution in [-0.2, 0) is 23.0 Å². The highest BCUT2D eigenvalue weighted by Crippen LogP contribution is 2.25. The minimum absolute atomic E-state index is 0.140. The van der Waals surface area contributed by atoms with E-state index in [2.05, 4.69) is 53.1 Å². The van der Waals surface area contributed by atoms with E-state index in [1.54, 1.807) is 4.68 Å². The Morgan fingerprint density at radius 1 is 1.13 bits per heavy atom. The van der Waals surface area contributed by atoms with Gasteiger partial charge in [0.05, 0.1) is 18.9 Å². The highest BCUT2D eigenvalue weighted by atomic mass is 16.5. The fourth-order valence-corrected chi connectivity index (χ4v) is 4.25. The second-order valence-electron chi connectivity index (χ2n) is 8.82. The third-order valence-electron chi connectivity index (χ3n) is 6.07. The number of nitrogens with zero attached hydrogens (tertiary/aromatic N) is 4. The minimum Gasteiger partial charge on any atom is -0.377 e. The molecule has 0 amide bonds. The lowest BCUT2D eigenvalue weighted by atomic mass is 9.90. The van der Waals surface area contributed by atoms with Gasteiger partial charge in [-0.25, -0.2) is 0 Å². The number of carbonyl (C=O) groups is 1. The van der Waals surface area contributed by atoms with E-state index >= 15 is 0 Å². The number of aromatic nitrogens is 3. The van der Waals surface area contributed by atoms with Crippen LogP contribution in [0.5, 0.6) is 0 Å². The Hall–Kier alpha value is -2.57. The molecule has 0 radical (unpaired) electrons. The maximum absolute atomic E-state index is 12.9. The number of piperidine rings is 1. The average Bonchev–Trinajstić information content (AvgIpc) is 3.20. The number of fused-ring (bicyclic) bond motifs is 1. The van der Waals surface area contributed by atoms with Crippen molar-refractivity contribution in [3.63, 3.8) is 0 Å². The van der Waals surface area contributed by atoms with E-state index in [4.69, 9.17) is 4.74 Å². The lowest BCUT2D eigenvalue weighted by Gasteiger charge is -2.31. The summed E-state index contributed by atoms with van der Waals surface area (Å²) in [6, 6.07) is 8.38. The largest absolute Gasteiger partial charge is 0.377 e. The van der Waals surface area contributed by atoms with Crippen molar-refractivity contribution in [2.75, 3.05) is 26.2 Å². The van der Waals surface area contributed by atoms with Gasteiger partial charge in [-0.3, -0.25) is 14.5 Å². The molecule has 4 rings (SSSR count). The molecule has 1 aliphatic rings. The van der Waals surface area contributed by atoms with Gasteiger partial charge in [0, 0.05) is 55.0 Å². The second kappa shape index (κ2) is 9.71. The van der Waals surface area contributed by atoms with Gasteiger partial charge < -0.3 is 9.64 Å². The minimum atomic E-state index is 0.140. The zero-order valence-electron chi connectivity index (χ0n) is 18.8. The summed E-state index contributed by atoms with van der Waals surface area (Å²) in [5, 5.41) is 6.45. The summed E-state index contributed by atoms with van der Waals surface area (Å²) in [6.07, 6.45) is 8.30. The Bertz CT molecular complexity index is 1030. The van der Waals surface area contributed by atoms with Gasteiger partial charge in [0.1, 0.15) is 5.78 Å². The monoisotopic (exact) mass is 420 g/mol. The Kier molecular flexibility index (Phi) is 6.78. The number of ether oxygens (including phenoxy) is 1. The summed E-state index contributed by atoms with van der Waals surface area (Å²) >= 11 is 0. The molecule has 3 heterocycles. The maximum atomic E-state index is 12.9. The number of pyridine rings is 1. The zero-order valence-corrected chi connectivity index (χ0v) is 18.8. The fraction of sp³-hybridized carbons (Fsp3) is 0.480. The molecule has 1 fully saturated rings. The van der Waals surface area contributed by atoms with E-state index in [0.29, 0.717) is 12.2 Å². The molecule has 1 aromatic carbocycles. The Morgan fingerprint density at radius 3 is 2.65 bits per heavy atom. The van der Waals surface area contributed by atoms with Gasteiger partial charge in [-0.05, 0) is 62.9 Å². The van der Waals surface area contributed by atoms with E-state index in [-0.39, 0.29) is 12.0 Å². The molecule has 0 aliphatic carbocycles. The Balaban J connectivity index is 1.36. The van der Waals surface area contributed by atoms with Gasteiger partial charge in [0.2, 0.25) is 0 Å². The number of Topliss-reactive ketones (excluding diaryl/α,β-unsaturated/α-hetero) is 1. The number of likely N-dealkylation sites (tertiary alicyclic amines) is 1. The molecule has 0 unspecified atom stereocenters. The van der Waals surface area contributed by atoms with Crippen molar-refractivity contribution in [2.45, 2.75) is 39.2 Å². The van der Waals surface area contributed by atoms with Gasteiger partial charge in [0.15, 0.2) is 0 Å². The second-order valence-corrected chi connectivity index (χ2v) is 8.82. The van der Waals surface area contributed by atoms with Crippen LogP contribution in [0.3, 0.4) is 0 Å². The van der Waals surface area contributed by atoms with Crippen molar-refractivity contribution >= 4 is 16.6 Å². The number of rotatable bonds is 8. The Labute approximate surface area is 184 Å². The first-order valence-corrected chi connectivity index (χ1v) is 11.2. The van der Waals surface area contributed by atoms with Gasteiger partial charge in [-0.15, -0.1) is 0 Å². The predicted octanol–water partition coefficient (Wildman–Crippen LogP) is 3.88. The molecule has 3 aromatic rings. The maximum Gasteiger partial charge on any atom is 0.142 e. The molecule has 0 atom stereocenters.